The third-order valence-corrected chi connectivity index (χ3v) is 5.68. The van der Waals surface area contributed by atoms with Crippen LogP contribution in [0.25, 0.3) is 11.1 Å². The minimum atomic E-state index is -0.0572. The highest BCUT2D eigenvalue weighted by molar-refractivity contribution is 5.97. The standard InChI is InChI=1S/C25H32O2/c1-27-19-13-7-5-3-2-4-6-8-18-24(26)25-22-16-11-9-14-20(22)21-15-10-12-17-23(21)25/h9-12,14-17,25H,2-8,13,18-19H2,1H3. The summed E-state index contributed by atoms with van der Waals surface area (Å²) in [4.78, 5) is 13.0. The van der Waals surface area contributed by atoms with Gasteiger partial charge in [0.15, 0.2) is 0 Å². The van der Waals surface area contributed by atoms with Crippen molar-refractivity contribution in [2.75, 3.05) is 13.7 Å². The van der Waals surface area contributed by atoms with E-state index in [1.165, 1.54) is 67.2 Å². The van der Waals surface area contributed by atoms with E-state index in [1.807, 2.05) is 0 Å². The summed E-state index contributed by atoms with van der Waals surface area (Å²) in [5.74, 6) is 0.324. The Balaban J connectivity index is 1.43. The van der Waals surface area contributed by atoms with Crippen molar-refractivity contribution in [2.45, 2.75) is 63.7 Å². The van der Waals surface area contributed by atoms with Crippen LogP contribution in [0.2, 0.25) is 0 Å². The first-order valence-corrected chi connectivity index (χ1v) is 10.5. The van der Waals surface area contributed by atoms with Crippen molar-refractivity contribution in [2.24, 2.45) is 0 Å². The van der Waals surface area contributed by atoms with E-state index in [2.05, 4.69) is 48.5 Å². The van der Waals surface area contributed by atoms with Crippen molar-refractivity contribution >= 4 is 5.78 Å². The maximum atomic E-state index is 13.0. The molecular formula is C25H32O2. The molecule has 0 atom stereocenters. The van der Waals surface area contributed by atoms with E-state index in [4.69, 9.17) is 4.74 Å². The van der Waals surface area contributed by atoms with Gasteiger partial charge in [-0.25, -0.2) is 0 Å². The van der Waals surface area contributed by atoms with E-state index in [0.29, 0.717) is 12.2 Å². The van der Waals surface area contributed by atoms with Gasteiger partial charge in [-0.3, -0.25) is 4.79 Å². The minimum Gasteiger partial charge on any atom is -0.385 e. The number of benzene rings is 2. The van der Waals surface area contributed by atoms with Gasteiger partial charge in [0.2, 0.25) is 0 Å². The average molecular weight is 365 g/mol. The van der Waals surface area contributed by atoms with Crippen molar-refractivity contribution in [3.05, 3.63) is 59.7 Å². The van der Waals surface area contributed by atoms with Crippen molar-refractivity contribution in [3.8, 4) is 11.1 Å². The van der Waals surface area contributed by atoms with E-state index < -0.39 is 0 Å². The van der Waals surface area contributed by atoms with Crippen LogP contribution >= 0.6 is 0 Å². The third-order valence-electron chi connectivity index (χ3n) is 5.68. The Morgan fingerprint density at radius 3 is 1.78 bits per heavy atom. The van der Waals surface area contributed by atoms with Crippen LogP contribution in [0.5, 0.6) is 0 Å². The molecule has 2 aromatic carbocycles. The van der Waals surface area contributed by atoms with Crippen LogP contribution in [0.4, 0.5) is 0 Å². The number of hydrogen-bond acceptors (Lipinski definition) is 2. The van der Waals surface area contributed by atoms with E-state index >= 15 is 0 Å². The first kappa shape index (κ1) is 19.8. The number of ether oxygens (including phenoxy) is 1. The molecule has 0 spiro atoms. The highest BCUT2D eigenvalue weighted by Gasteiger charge is 2.32. The fraction of sp³-hybridized carbons (Fsp3) is 0.480. The van der Waals surface area contributed by atoms with Gasteiger partial charge in [0.1, 0.15) is 5.78 Å². The molecule has 0 unspecified atom stereocenters. The SMILES string of the molecule is COCCCCCCCCCCC(=O)C1c2ccccc2-c2ccccc21. The average Bonchev–Trinajstić information content (AvgIpc) is 3.04. The lowest BCUT2D eigenvalue weighted by atomic mass is 9.90. The fourth-order valence-electron chi connectivity index (χ4n) is 4.25. The summed E-state index contributed by atoms with van der Waals surface area (Å²) in [7, 11) is 1.77. The molecule has 3 rings (SSSR count). The van der Waals surface area contributed by atoms with Crippen molar-refractivity contribution in [3.63, 3.8) is 0 Å². The van der Waals surface area contributed by atoms with Gasteiger partial charge in [0, 0.05) is 20.1 Å². The Hall–Kier alpha value is -1.93. The second-order valence-electron chi connectivity index (χ2n) is 7.65. The number of methoxy groups -OCH3 is 1. The summed E-state index contributed by atoms with van der Waals surface area (Å²) in [5.41, 5.74) is 4.86. The predicted molar refractivity (Wildman–Crippen MR) is 112 cm³/mol. The lowest BCUT2D eigenvalue weighted by Crippen LogP contribution is -2.11. The summed E-state index contributed by atoms with van der Waals surface area (Å²) >= 11 is 0. The molecule has 2 nitrogen and oxygen atoms in total. The normalized spacial score (nSPS) is 12.8. The first-order chi connectivity index (χ1) is 13.3. The van der Waals surface area contributed by atoms with Gasteiger partial charge < -0.3 is 4.74 Å². The van der Waals surface area contributed by atoms with Gasteiger partial charge in [0.05, 0.1) is 5.92 Å². The number of unbranched alkanes of at least 4 members (excludes halogenated alkanes) is 7. The molecule has 0 radical (unpaired) electrons. The van der Waals surface area contributed by atoms with E-state index in [9.17, 15) is 4.79 Å². The Bertz CT molecular complexity index is 689. The second kappa shape index (κ2) is 10.4. The van der Waals surface area contributed by atoms with Crippen LogP contribution in [0.15, 0.2) is 48.5 Å². The molecule has 1 aliphatic rings. The summed E-state index contributed by atoms with van der Waals surface area (Å²) < 4.78 is 5.08. The van der Waals surface area contributed by atoms with Gasteiger partial charge in [-0.2, -0.15) is 0 Å². The second-order valence-corrected chi connectivity index (χ2v) is 7.65. The quantitative estimate of drug-likeness (QED) is 0.400. The Morgan fingerprint density at radius 1 is 0.741 bits per heavy atom. The number of carbonyl (C=O) groups excluding carboxylic acids is 1. The van der Waals surface area contributed by atoms with Gasteiger partial charge in [-0.1, -0.05) is 87.1 Å². The van der Waals surface area contributed by atoms with Crippen LogP contribution in [0.3, 0.4) is 0 Å². The number of rotatable bonds is 12. The van der Waals surface area contributed by atoms with Gasteiger partial charge >= 0.3 is 0 Å². The van der Waals surface area contributed by atoms with Gasteiger partial charge in [-0.15, -0.1) is 0 Å². The summed E-state index contributed by atoms with van der Waals surface area (Å²) in [5, 5.41) is 0. The number of ketones is 1. The van der Waals surface area contributed by atoms with Crippen LogP contribution < -0.4 is 0 Å². The maximum absolute atomic E-state index is 13.0. The number of carbonyl (C=O) groups is 1. The van der Waals surface area contributed by atoms with E-state index in [1.54, 1.807) is 7.11 Å². The van der Waals surface area contributed by atoms with Crippen LogP contribution in [-0.4, -0.2) is 19.5 Å². The summed E-state index contributed by atoms with van der Waals surface area (Å²) in [6.07, 6.45) is 10.5. The third kappa shape index (κ3) is 5.07. The Morgan fingerprint density at radius 2 is 1.22 bits per heavy atom. The highest BCUT2D eigenvalue weighted by atomic mass is 16.5. The molecule has 0 saturated heterocycles. The first-order valence-electron chi connectivity index (χ1n) is 10.5. The molecule has 144 valence electrons. The lowest BCUT2D eigenvalue weighted by molar-refractivity contribution is -0.119. The molecule has 0 heterocycles. The monoisotopic (exact) mass is 364 g/mol. The fourth-order valence-corrected chi connectivity index (χ4v) is 4.25. The van der Waals surface area contributed by atoms with Gasteiger partial charge in [-0.05, 0) is 35.1 Å². The largest absolute Gasteiger partial charge is 0.385 e. The molecule has 27 heavy (non-hydrogen) atoms. The molecule has 2 heteroatoms. The van der Waals surface area contributed by atoms with Crippen LogP contribution in [-0.2, 0) is 9.53 Å². The molecular weight excluding hydrogens is 332 g/mol. The van der Waals surface area contributed by atoms with Crippen LogP contribution in [0, 0.1) is 0 Å². The molecule has 1 aliphatic carbocycles. The smallest absolute Gasteiger partial charge is 0.144 e. The van der Waals surface area contributed by atoms with Crippen molar-refractivity contribution in [1.82, 2.24) is 0 Å². The molecule has 0 aliphatic heterocycles. The highest BCUT2D eigenvalue weighted by Crippen LogP contribution is 2.45. The molecule has 0 fully saturated rings. The number of hydrogen-bond donors (Lipinski definition) is 0. The van der Waals surface area contributed by atoms with E-state index in [0.717, 1.165) is 13.0 Å². The van der Waals surface area contributed by atoms with Crippen molar-refractivity contribution < 1.29 is 9.53 Å². The molecule has 0 saturated carbocycles. The van der Waals surface area contributed by atoms with E-state index in [-0.39, 0.29) is 5.92 Å². The number of Topliss-reactive ketones (excluding diaryl/α,β-unsaturated/α-hetero) is 1. The number of fused-ring (bicyclic) bond motifs is 3. The van der Waals surface area contributed by atoms with Crippen molar-refractivity contribution in [1.29, 1.82) is 0 Å². The Kier molecular flexibility index (Phi) is 7.65. The topological polar surface area (TPSA) is 26.3 Å². The zero-order valence-corrected chi connectivity index (χ0v) is 16.6. The molecule has 0 amide bonds. The lowest BCUT2D eigenvalue weighted by Gasteiger charge is -2.12. The molecule has 2 aromatic rings. The minimum absolute atomic E-state index is 0.0572. The Labute approximate surface area is 164 Å². The maximum Gasteiger partial charge on any atom is 0.144 e. The molecule has 0 N–H and O–H groups in total. The summed E-state index contributed by atoms with van der Waals surface area (Å²) in [6, 6.07) is 16.8. The zero-order valence-electron chi connectivity index (χ0n) is 16.6. The predicted octanol–water partition coefficient (Wildman–Crippen LogP) is 6.53. The van der Waals surface area contributed by atoms with Gasteiger partial charge in [0.25, 0.3) is 0 Å². The van der Waals surface area contributed by atoms with Crippen LogP contribution in [0.1, 0.15) is 74.8 Å². The summed E-state index contributed by atoms with van der Waals surface area (Å²) in [6.45, 7) is 0.884. The molecule has 0 aromatic heterocycles. The molecule has 0 bridgehead atoms. The zero-order chi connectivity index (χ0) is 18.9.